The molecule has 0 radical (unpaired) electrons. The van der Waals surface area contributed by atoms with Gasteiger partial charge in [-0.3, -0.25) is 4.79 Å². The molecule has 0 saturated carbocycles. The van der Waals surface area contributed by atoms with Crippen LogP contribution < -0.4 is 0 Å². The second kappa shape index (κ2) is 7.57. The van der Waals surface area contributed by atoms with Gasteiger partial charge in [0.25, 0.3) is 5.91 Å². The highest BCUT2D eigenvalue weighted by molar-refractivity contribution is 7.13. The van der Waals surface area contributed by atoms with E-state index in [1.807, 2.05) is 52.7 Å². The van der Waals surface area contributed by atoms with Crippen LogP contribution in [0.25, 0.3) is 16.3 Å². The number of aromatic nitrogens is 2. The van der Waals surface area contributed by atoms with Crippen molar-refractivity contribution in [2.45, 2.75) is 18.6 Å². The van der Waals surface area contributed by atoms with Gasteiger partial charge in [-0.1, -0.05) is 23.7 Å². The number of piperidine rings is 1. The normalized spacial score (nSPS) is 18.4. The first kappa shape index (κ1) is 18.8. The summed E-state index contributed by atoms with van der Waals surface area (Å²) in [5.74, 6) is -0.556. The monoisotopic (exact) mass is 429 g/mol. The molecule has 29 heavy (non-hydrogen) atoms. The molecule has 8 heteroatoms. The minimum Gasteiger partial charge on any atom is -0.347 e. The van der Waals surface area contributed by atoms with Crippen LogP contribution in [0.15, 0.2) is 47.8 Å². The van der Waals surface area contributed by atoms with E-state index in [4.69, 9.17) is 26.2 Å². The van der Waals surface area contributed by atoms with Crippen LogP contribution >= 0.6 is 22.9 Å². The third-order valence-electron chi connectivity index (χ3n) is 5.38. The van der Waals surface area contributed by atoms with Gasteiger partial charge in [-0.25, -0.2) is 4.68 Å². The summed E-state index contributed by atoms with van der Waals surface area (Å²) in [4.78, 5) is 16.3. The zero-order valence-corrected chi connectivity index (χ0v) is 17.3. The van der Waals surface area contributed by atoms with Crippen molar-refractivity contribution in [3.63, 3.8) is 0 Å². The highest BCUT2D eigenvalue weighted by atomic mass is 35.5. The van der Waals surface area contributed by atoms with E-state index < -0.39 is 5.79 Å². The summed E-state index contributed by atoms with van der Waals surface area (Å²) in [6, 6.07) is 13.2. The fourth-order valence-electron chi connectivity index (χ4n) is 3.88. The number of ether oxygens (including phenoxy) is 2. The molecule has 2 aliphatic rings. The van der Waals surface area contributed by atoms with Gasteiger partial charge in [0.15, 0.2) is 5.79 Å². The molecule has 3 aromatic rings. The van der Waals surface area contributed by atoms with Gasteiger partial charge >= 0.3 is 0 Å². The highest BCUT2D eigenvalue weighted by Crippen LogP contribution is 2.33. The van der Waals surface area contributed by atoms with E-state index in [1.54, 1.807) is 16.0 Å². The van der Waals surface area contributed by atoms with Crippen molar-refractivity contribution in [2.75, 3.05) is 26.3 Å². The number of amides is 1. The van der Waals surface area contributed by atoms with E-state index in [-0.39, 0.29) is 5.91 Å². The molecule has 2 fully saturated rings. The number of benzene rings is 1. The zero-order valence-electron chi connectivity index (χ0n) is 15.7. The lowest BCUT2D eigenvalue weighted by Crippen LogP contribution is -2.47. The standard InChI is InChI=1S/C21H20ClN3O3S/c22-15-3-1-4-16(13-15)25-18(14-17(23-25)19-5-2-12-29-19)20(26)24-8-6-21(7-9-24)27-10-11-28-21/h1-5,12-14H,6-11H2. The number of halogens is 1. The lowest BCUT2D eigenvalue weighted by Gasteiger charge is -2.37. The minimum atomic E-state index is -0.508. The highest BCUT2D eigenvalue weighted by Gasteiger charge is 2.41. The van der Waals surface area contributed by atoms with Gasteiger partial charge in [0.2, 0.25) is 0 Å². The van der Waals surface area contributed by atoms with Crippen LogP contribution in [0.1, 0.15) is 23.3 Å². The van der Waals surface area contributed by atoms with E-state index >= 15 is 0 Å². The van der Waals surface area contributed by atoms with Crippen LogP contribution in [-0.4, -0.2) is 52.7 Å². The lowest BCUT2D eigenvalue weighted by molar-refractivity contribution is -0.181. The Hall–Kier alpha value is -2.19. The van der Waals surface area contributed by atoms with Crippen LogP contribution in [0.3, 0.4) is 0 Å². The molecule has 0 bridgehead atoms. The van der Waals surface area contributed by atoms with E-state index in [0.29, 0.717) is 49.9 Å². The van der Waals surface area contributed by atoms with Crippen LogP contribution in [0.2, 0.25) is 5.02 Å². The molecule has 0 aliphatic carbocycles. The van der Waals surface area contributed by atoms with Gasteiger partial charge in [0, 0.05) is 31.0 Å². The molecule has 6 nitrogen and oxygen atoms in total. The number of hydrogen-bond donors (Lipinski definition) is 0. The third kappa shape index (κ3) is 3.59. The van der Waals surface area contributed by atoms with Crippen LogP contribution in [0.5, 0.6) is 0 Å². The van der Waals surface area contributed by atoms with E-state index in [2.05, 4.69) is 0 Å². The van der Waals surface area contributed by atoms with Gasteiger partial charge in [0.05, 0.1) is 23.8 Å². The van der Waals surface area contributed by atoms with Crippen LogP contribution in [0, 0.1) is 0 Å². The molecule has 0 atom stereocenters. The smallest absolute Gasteiger partial charge is 0.272 e. The van der Waals surface area contributed by atoms with Crippen molar-refractivity contribution in [1.29, 1.82) is 0 Å². The molecule has 1 aromatic carbocycles. The van der Waals surface area contributed by atoms with Crippen LogP contribution in [0.4, 0.5) is 0 Å². The molecule has 1 amide bonds. The summed E-state index contributed by atoms with van der Waals surface area (Å²) in [6.07, 6.45) is 1.36. The average Bonchev–Trinajstić information content (AvgIpc) is 3.49. The summed E-state index contributed by atoms with van der Waals surface area (Å²) < 4.78 is 13.3. The largest absolute Gasteiger partial charge is 0.347 e. The Bertz CT molecular complexity index is 1020. The number of rotatable bonds is 3. The van der Waals surface area contributed by atoms with Gasteiger partial charge in [-0.2, -0.15) is 5.10 Å². The molecule has 2 saturated heterocycles. The predicted molar refractivity (Wildman–Crippen MR) is 112 cm³/mol. The first-order valence-corrected chi connectivity index (χ1v) is 10.9. The third-order valence-corrected chi connectivity index (χ3v) is 6.51. The fraction of sp³-hybridized carbons (Fsp3) is 0.333. The average molecular weight is 430 g/mol. The molecule has 2 aromatic heterocycles. The second-order valence-corrected chi connectivity index (χ2v) is 8.57. The Labute approximate surface area is 177 Å². The van der Waals surface area contributed by atoms with Crippen molar-refractivity contribution < 1.29 is 14.3 Å². The van der Waals surface area contributed by atoms with Crippen molar-refractivity contribution in [3.05, 3.63) is 58.6 Å². The van der Waals surface area contributed by atoms with Crippen molar-refractivity contribution in [3.8, 4) is 16.3 Å². The van der Waals surface area contributed by atoms with Crippen molar-refractivity contribution in [2.24, 2.45) is 0 Å². The predicted octanol–water partition coefficient (Wildman–Crippen LogP) is 4.23. The summed E-state index contributed by atoms with van der Waals surface area (Å²) in [5, 5.41) is 7.32. The molecule has 0 N–H and O–H groups in total. The van der Waals surface area contributed by atoms with Gasteiger partial charge < -0.3 is 14.4 Å². The van der Waals surface area contributed by atoms with Gasteiger partial charge in [0.1, 0.15) is 11.4 Å². The molecule has 4 heterocycles. The molecule has 2 aliphatic heterocycles. The summed E-state index contributed by atoms with van der Waals surface area (Å²) in [6.45, 7) is 2.43. The Morgan fingerprint density at radius 3 is 2.59 bits per heavy atom. The number of thiophene rings is 1. The summed E-state index contributed by atoms with van der Waals surface area (Å²) in [5.41, 5.74) is 2.07. The van der Waals surface area contributed by atoms with Crippen molar-refractivity contribution >= 4 is 28.8 Å². The Morgan fingerprint density at radius 1 is 1.10 bits per heavy atom. The van der Waals surface area contributed by atoms with E-state index in [9.17, 15) is 4.79 Å². The number of carbonyl (C=O) groups is 1. The van der Waals surface area contributed by atoms with Crippen LogP contribution in [-0.2, 0) is 9.47 Å². The Balaban J connectivity index is 1.47. The quantitative estimate of drug-likeness (QED) is 0.625. The Morgan fingerprint density at radius 2 is 1.90 bits per heavy atom. The topological polar surface area (TPSA) is 56.6 Å². The summed E-state index contributed by atoms with van der Waals surface area (Å²) in [7, 11) is 0. The lowest BCUT2D eigenvalue weighted by atomic mass is 10.0. The number of carbonyl (C=O) groups excluding carboxylic acids is 1. The number of nitrogens with zero attached hydrogens (tertiary/aromatic N) is 3. The second-order valence-electron chi connectivity index (χ2n) is 7.18. The maximum absolute atomic E-state index is 13.4. The SMILES string of the molecule is O=C(c1cc(-c2cccs2)nn1-c1cccc(Cl)c1)N1CCC2(CC1)OCCO2. The Kier molecular flexibility index (Phi) is 4.91. The molecule has 150 valence electrons. The number of hydrogen-bond acceptors (Lipinski definition) is 5. The van der Waals surface area contributed by atoms with E-state index in [1.165, 1.54) is 0 Å². The van der Waals surface area contributed by atoms with Crippen molar-refractivity contribution in [1.82, 2.24) is 14.7 Å². The first-order chi connectivity index (χ1) is 14.1. The molecule has 0 unspecified atom stereocenters. The van der Waals surface area contributed by atoms with Gasteiger partial charge in [-0.05, 0) is 35.7 Å². The maximum Gasteiger partial charge on any atom is 0.272 e. The zero-order chi connectivity index (χ0) is 19.8. The fourth-order valence-corrected chi connectivity index (χ4v) is 4.75. The molecular formula is C21H20ClN3O3S. The van der Waals surface area contributed by atoms with Gasteiger partial charge in [-0.15, -0.1) is 11.3 Å². The number of likely N-dealkylation sites (tertiary alicyclic amines) is 1. The maximum atomic E-state index is 13.4. The first-order valence-electron chi connectivity index (χ1n) is 9.61. The summed E-state index contributed by atoms with van der Waals surface area (Å²) >= 11 is 7.79. The molecule has 5 rings (SSSR count). The molecule has 1 spiro atoms. The molecular weight excluding hydrogens is 410 g/mol. The minimum absolute atomic E-state index is 0.0480. The van der Waals surface area contributed by atoms with E-state index in [0.717, 1.165) is 16.3 Å².